The van der Waals surface area contributed by atoms with Crippen molar-refractivity contribution in [2.45, 2.75) is 5.16 Å². The third-order valence-electron chi connectivity index (χ3n) is 4.58. The Hall–Kier alpha value is -3.17. The molecule has 1 amide bonds. The van der Waals surface area contributed by atoms with E-state index in [1.807, 2.05) is 66.2 Å². The van der Waals surface area contributed by atoms with Crippen molar-refractivity contribution in [1.29, 1.82) is 0 Å². The number of nitrogens with one attached hydrogen (secondary N) is 1. The number of hydrazone groups is 1. The summed E-state index contributed by atoms with van der Waals surface area (Å²) < 4.78 is 2.80. The number of thioether (sulfide) groups is 1. The van der Waals surface area contributed by atoms with Crippen LogP contribution in [0.3, 0.4) is 0 Å². The van der Waals surface area contributed by atoms with E-state index in [1.54, 1.807) is 6.07 Å². The van der Waals surface area contributed by atoms with Crippen LogP contribution in [0.15, 0.2) is 75.4 Å². The molecule has 3 aromatic carbocycles. The van der Waals surface area contributed by atoms with Gasteiger partial charge in [0.15, 0.2) is 11.0 Å². The van der Waals surface area contributed by atoms with Gasteiger partial charge in [0.05, 0.1) is 12.0 Å². The fourth-order valence-electron chi connectivity index (χ4n) is 3.07. The van der Waals surface area contributed by atoms with Gasteiger partial charge in [0.2, 0.25) is 0 Å². The van der Waals surface area contributed by atoms with Gasteiger partial charge in [-0.1, -0.05) is 70.2 Å². The molecular weight excluding hydrogens is 478 g/mol. The van der Waals surface area contributed by atoms with E-state index in [2.05, 4.69) is 36.7 Å². The summed E-state index contributed by atoms with van der Waals surface area (Å²) in [6.07, 6.45) is 1.45. The molecule has 0 saturated carbocycles. The highest BCUT2D eigenvalue weighted by Gasteiger charge is 2.13. The van der Waals surface area contributed by atoms with Crippen LogP contribution in [0, 0.1) is 0 Å². The maximum absolute atomic E-state index is 12.2. The fraction of sp³-hybridized carbons (Fsp3) is 0.0909. The summed E-state index contributed by atoms with van der Waals surface area (Å²) in [7, 11) is 1.86. The van der Waals surface area contributed by atoms with E-state index < -0.39 is 0 Å². The number of aromatic nitrogens is 3. The summed E-state index contributed by atoms with van der Waals surface area (Å²) in [5.41, 5.74) is 3.98. The summed E-state index contributed by atoms with van der Waals surface area (Å²) in [6, 6.07) is 18.9. The van der Waals surface area contributed by atoms with Crippen molar-refractivity contribution in [1.82, 2.24) is 20.2 Å². The van der Waals surface area contributed by atoms with Crippen LogP contribution in [0.25, 0.3) is 22.2 Å². The zero-order chi connectivity index (χ0) is 21.8. The molecule has 7 nitrogen and oxygen atoms in total. The van der Waals surface area contributed by atoms with Gasteiger partial charge in [0, 0.05) is 22.6 Å². The molecule has 0 saturated heterocycles. The van der Waals surface area contributed by atoms with Crippen molar-refractivity contribution in [2.75, 3.05) is 5.75 Å². The number of nitrogens with zero attached hydrogens (tertiary/aromatic N) is 4. The predicted octanol–water partition coefficient (Wildman–Crippen LogP) is 4.35. The van der Waals surface area contributed by atoms with Crippen LogP contribution < -0.4 is 5.43 Å². The Kier molecular flexibility index (Phi) is 6.34. The Bertz CT molecular complexity index is 1290. The fourth-order valence-corrected chi connectivity index (χ4v) is 4.17. The van der Waals surface area contributed by atoms with Crippen molar-refractivity contribution in [3.05, 3.63) is 70.7 Å². The number of carbonyl (C=O) groups excluding carboxylic acids is 1. The normalized spacial score (nSPS) is 11.3. The van der Waals surface area contributed by atoms with E-state index in [9.17, 15) is 9.90 Å². The van der Waals surface area contributed by atoms with Gasteiger partial charge in [0.25, 0.3) is 5.91 Å². The van der Waals surface area contributed by atoms with Gasteiger partial charge in [-0.05, 0) is 29.0 Å². The van der Waals surface area contributed by atoms with E-state index in [0.29, 0.717) is 16.5 Å². The number of rotatable bonds is 6. The number of amides is 1. The Morgan fingerprint density at radius 3 is 2.87 bits per heavy atom. The van der Waals surface area contributed by atoms with Gasteiger partial charge in [-0.2, -0.15) is 5.10 Å². The molecule has 0 atom stereocenters. The molecule has 4 aromatic rings. The van der Waals surface area contributed by atoms with Gasteiger partial charge < -0.3 is 9.67 Å². The molecule has 0 spiro atoms. The average molecular weight is 496 g/mol. The first-order valence-electron chi connectivity index (χ1n) is 9.33. The standard InChI is InChI=1S/C22H18BrN5O2S/c1-28-21(15-6-4-7-16(23)11-15)26-27-22(28)31-13-20(30)25-24-12-18-17-8-3-2-5-14(17)9-10-19(18)29/h2-12,29H,13H2,1H3,(H,25,30)/b24-12+. The highest BCUT2D eigenvalue weighted by Crippen LogP contribution is 2.26. The highest BCUT2D eigenvalue weighted by molar-refractivity contribution is 9.10. The monoisotopic (exact) mass is 495 g/mol. The number of phenolic OH excluding ortho intramolecular Hbond substituents is 1. The first-order chi connectivity index (χ1) is 15.0. The summed E-state index contributed by atoms with van der Waals surface area (Å²) in [6.45, 7) is 0. The molecule has 1 aromatic heterocycles. The molecular formula is C22H18BrN5O2S. The SMILES string of the molecule is Cn1c(SCC(=O)N/N=C/c2c(O)ccc3ccccc23)nnc1-c1cccc(Br)c1. The first kappa shape index (κ1) is 21.1. The quantitative estimate of drug-likeness (QED) is 0.235. The molecule has 0 aliphatic carbocycles. The van der Waals surface area contributed by atoms with Crippen molar-refractivity contribution < 1.29 is 9.90 Å². The zero-order valence-electron chi connectivity index (χ0n) is 16.5. The van der Waals surface area contributed by atoms with Gasteiger partial charge in [-0.3, -0.25) is 4.79 Å². The minimum atomic E-state index is -0.284. The second-order valence-electron chi connectivity index (χ2n) is 6.68. The van der Waals surface area contributed by atoms with Crippen LogP contribution in [0.4, 0.5) is 0 Å². The van der Waals surface area contributed by atoms with Crippen LogP contribution >= 0.6 is 27.7 Å². The van der Waals surface area contributed by atoms with E-state index in [0.717, 1.165) is 20.8 Å². The van der Waals surface area contributed by atoms with Crippen molar-refractivity contribution in [3.8, 4) is 17.1 Å². The summed E-state index contributed by atoms with van der Waals surface area (Å²) in [5, 5.41) is 25.0. The third-order valence-corrected chi connectivity index (χ3v) is 6.09. The largest absolute Gasteiger partial charge is 0.507 e. The minimum Gasteiger partial charge on any atom is -0.507 e. The van der Waals surface area contributed by atoms with E-state index in [1.165, 1.54) is 18.0 Å². The Balaban J connectivity index is 1.39. The maximum Gasteiger partial charge on any atom is 0.250 e. The number of halogens is 1. The van der Waals surface area contributed by atoms with Gasteiger partial charge in [-0.15, -0.1) is 10.2 Å². The lowest BCUT2D eigenvalue weighted by molar-refractivity contribution is -0.118. The van der Waals surface area contributed by atoms with Gasteiger partial charge in [0.1, 0.15) is 5.75 Å². The maximum atomic E-state index is 12.2. The number of hydrogen-bond donors (Lipinski definition) is 2. The van der Waals surface area contributed by atoms with Crippen LogP contribution in [0.1, 0.15) is 5.56 Å². The zero-order valence-corrected chi connectivity index (χ0v) is 18.9. The van der Waals surface area contributed by atoms with Gasteiger partial charge in [-0.25, -0.2) is 5.43 Å². The minimum absolute atomic E-state index is 0.102. The highest BCUT2D eigenvalue weighted by atomic mass is 79.9. The summed E-state index contributed by atoms with van der Waals surface area (Å²) >= 11 is 4.72. The molecule has 0 unspecified atom stereocenters. The Morgan fingerprint density at radius 1 is 1.19 bits per heavy atom. The third kappa shape index (κ3) is 4.78. The molecule has 0 radical (unpaired) electrons. The van der Waals surface area contributed by atoms with Crippen LogP contribution in [-0.4, -0.2) is 37.7 Å². The molecule has 0 bridgehead atoms. The molecule has 0 fully saturated rings. The lowest BCUT2D eigenvalue weighted by Gasteiger charge is -2.05. The second kappa shape index (κ2) is 9.32. The van der Waals surface area contributed by atoms with Crippen molar-refractivity contribution in [3.63, 3.8) is 0 Å². The lowest BCUT2D eigenvalue weighted by Crippen LogP contribution is -2.20. The number of hydrogen-bond acceptors (Lipinski definition) is 6. The molecule has 0 aliphatic rings. The summed E-state index contributed by atoms with van der Waals surface area (Å²) in [5.74, 6) is 0.662. The molecule has 156 valence electrons. The summed E-state index contributed by atoms with van der Waals surface area (Å²) in [4.78, 5) is 12.2. The van der Waals surface area contributed by atoms with Crippen LogP contribution in [0.5, 0.6) is 5.75 Å². The van der Waals surface area contributed by atoms with Gasteiger partial charge >= 0.3 is 0 Å². The molecule has 2 N–H and O–H groups in total. The second-order valence-corrected chi connectivity index (χ2v) is 8.54. The molecule has 4 rings (SSSR count). The molecule has 9 heteroatoms. The number of fused-ring (bicyclic) bond motifs is 1. The van der Waals surface area contributed by atoms with E-state index >= 15 is 0 Å². The smallest absolute Gasteiger partial charge is 0.250 e. The Morgan fingerprint density at radius 2 is 2.03 bits per heavy atom. The number of carbonyl (C=O) groups is 1. The first-order valence-corrected chi connectivity index (χ1v) is 11.1. The van der Waals surface area contributed by atoms with Crippen LogP contribution in [0.2, 0.25) is 0 Å². The number of phenols is 1. The number of aromatic hydroxyl groups is 1. The molecule has 1 heterocycles. The van der Waals surface area contributed by atoms with Crippen LogP contribution in [-0.2, 0) is 11.8 Å². The predicted molar refractivity (Wildman–Crippen MR) is 126 cm³/mol. The average Bonchev–Trinajstić information content (AvgIpc) is 3.14. The molecule has 0 aliphatic heterocycles. The van der Waals surface area contributed by atoms with Crippen molar-refractivity contribution >= 4 is 50.6 Å². The lowest BCUT2D eigenvalue weighted by atomic mass is 10.0. The van der Waals surface area contributed by atoms with E-state index in [-0.39, 0.29) is 17.4 Å². The van der Waals surface area contributed by atoms with E-state index in [4.69, 9.17) is 0 Å². The topological polar surface area (TPSA) is 92.4 Å². The molecule has 31 heavy (non-hydrogen) atoms. The Labute approximate surface area is 191 Å². The number of benzene rings is 3. The van der Waals surface area contributed by atoms with Crippen molar-refractivity contribution in [2.24, 2.45) is 12.1 Å².